The van der Waals surface area contributed by atoms with E-state index in [4.69, 9.17) is 4.74 Å². The molecule has 1 heterocycles. The molecule has 5 aliphatic rings. The molecule has 1 spiro atoms. The number of hydrogen-bond acceptors (Lipinski definition) is 3. The fraction of sp³-hybridized carbons (Fsp3) is 0.850. The van der Waals surface area contributed by atoms with E-state index in [9.17, 15) is 9.90 Å². The molecule has 2 bridgehead atoms. The third kappa shape index (κ3) is 1.36. The van der Waals surface area contributed by atoms with Crippen LogP contribution in [0.1, 0.15) is 52.4 Å². The number of aliphatic hydroxyl groups is 1. The van der Waals surface area contributed by atoms with Gasteiger partial charge in [0.25, 0.3) is 0 Å². The van der Waals surface area contributed by atoms with Crippen molar-refractivity contribution < 1.29 is 19.0 Å². The summed E-state index contributed by atoms with van der Waals surface area (Å²) in [6, 6.07) is 0. The minimum atomic E-state index is -1.17. The van der Waals surface area contributed by atoms with Gasteiger partial charge < -0.3 is 9.84 Å². The fourth-order valence-electron chi connectivity index (χ4n) is 7.99. The summed E-state index contributed by atoms with van der Waals surface area (Å²) >= 11 is 0. The van der Waals surface area contributed by atoms with Crippen molar-refractivity contribution in [3.8, 4) is 0 Å². The summed E-state index contributed by atoms with van der Waals surface area (Å²) in [6.07, 6.45) is 2.76. The van der Waals surface area contributed by atoms with Crippen LogP contribution < -0.4 is 0 Å². The molecule has 1 saturated heterocycles. The second kappa shape index (κ2) is 4.25. The molecule has 0 radical (unpaired) electrons. The van der Waals surface area contributed by atoms with E-state index in [1.54, 1.807) is 0 Å². The minimum absolute atomic E-state index is 0.00879. The van der Waals surface area contributed by atoms with Crippen molar-refractivity contribution in [2.75, 3.05) is 0 Å². The minimum Gasteiger partial charge on any atom is -0.459 e. The van der Waals surface area contributed by atoms with Crippen molar-refractivity contribution in [3.05, 3.63) is 12.2 Å². The third-order valence-corrected chi connectivity index (χ3v) is 8.88. The lowest BCUT2D eigenvalue weighted by molar-refractivity contribution is -0.232. The number of carbonyl (C=O) groups is 1. The Morgan fingerprint density at radius 2 is 2.04 bits per heavy atom. The van der Waals surface area contributed by atoms with Crippen molar-refractivity contribution in [1.29, 1.82) is 0 Å². The lowest BCUT2D eigenvalue weighted by Crippen LogP contribution is -2.67. The van der Waals surface area contributed by atoms with E-state index in [0.29, 0.717) is 12.0 Å². The summed E-state index contributed by atoms with van der Waals surface area (Å²) in [7, 11) is 0. The zero-order valence-electron chi connectivity index (χ0n) is 14.6. The first-order chi connectivity index (χ1) is 11.3. The predicted octanol–water partition coefficient (Wildman–Crippen LogP) is 3.41. The molecule has 1 aliphatic heterocycles. The SMILES string of the molecule is C=C1C2CCC3C4(C)CCCC5(C)C(=O)OC(C54)C(O)C3(C2)C1F. The highest BCUT2D eigenvalue weighted by Crippen LogP contribution is 2.74. The Hall–Kier alpha value is -0.900. The van der Waals surface area contributed by atoms with E-state index < -0.39 is 29.2 Å². The third-order valence-electron chi connectivity index (χ3n) is 8.88. The Morgan fingerprint density at radius 3 is 2.79 bits per heavy atom. The lowest BCUT2D eigenvalue weighted by Gasteiger charge is -2.64. The van der Waals surface area contributed by atoms with Crippen molar-refractivity contribution in [2.24, 2.45) is 34.0 Å². The quantitative estimate of drug-likeness (QED) is 0.545. The molecule has 4 heteroatoms. The molecule has 132 valence electrons. The van der Waals surface area contributed by atoms with E-state index in [0.717, 1.165) is 32.1 Å². The van der Waals surface area contributed by atoms with Gasteiger partial charge in [0.15, 0.2) is 0 Å². The molecule has 4 aliphatic carbocycles. The summed E-state index contributed by atoms with van der Waals surface area (Å²) in [5.74, 6) is 0.120. The van der Waals surface area contributed by atoms with Crippen LogP contribution in [0.5, 0.6) is 0 Å². The number of hydrogen-bond donors (Lipinski definition) is 1. The molecule has 4 saturated carbocycles. The molecule has 0 aromatic rings. The van der Waals surface area contributed by atoms with Crippen LogP contribution in [0.4, 0.5) is 4.39 Å². The van der Waals surface area contributed by atoms with Gasteiger partial charge in [-0.1, -0.05) is 19.9 Å². The highest BCUT2D eigenvalue weighted by atomic mass is 19.1. The van der Waals surface area contributed by atoms with E-state index in [1.165, 1.54) is 0 Å². The summed E-state index contributed by atoms with van der Waals surface area (Å²) in [5, 5.41) is 11.3. The molecular formula is C20H27FO3. The van der Waals surface area contributed by atoms with Crippen LogP contribution in [0.3, 0.4) is 0 Å². The van der Waals surface area contributed by atoms with Gasteiger partial charge in [0, 0.05) is 11.3 Å². The van der Waals surface area contributed by atoms with Gasteiger partial charge in [-0.3, -0.25) is 4.79 Å². The molecule has 1 N–H and O–H groups in total. The van der Waals surface area contributed by atoms with Gasteiger partial charge in [-0.25, -0.2) is 4.39 Å². The predicted molar refractivity (Wildman–Crippen MR) is 86.7 cm³/mol. The zero-order valence-corrected chi connectivity index (χ0v) is 14.6. The lowest BCUT2D eigenvalue weighted by atomic mass is 9.40. The molecule has 0 amide bonds. The second-order valence-corrected chi connectivity index (χ2v) is 9.65. The Kier molecular flexibility index (Phi) is 2.72. The van der Waals surface area contributed by atoms with Crippen molar-refractivity contribution in [1.82, 2.24) is 0 Å². The Labute approximate surface area is 142 Å². The molecule has 5 fully saturated rings. The zero-order chi connectivity index (χ0) is 17.1. The number of allylic oxidation sites excluding steroid dienone is 1. The Morgan fingerprint density at radius 1 is 1.29 bits per heavy atom. The molecule has 0 aromatic carbocycles. The topological polar surface area (TPSA) is 46.5 Å². The summed E-state index contributed by atoms with van der Waals surface area (Å²) in [4.78, 5) is 12.7. The molecule has 5 rings (SSSR count). The van der Waals surface area contributed by atoms with Crippen LogP contribution in [0.2, 0.25) is 0 Å². The first-order valence-corrected chi connectivity index (χ1v) is 9.49. The first-order valence-electron chi connectivity index (χ1n) is 9.49. The second-order valence-electron chi connectivity index (χ2n) is 9.65. The largest absolute Gasteiger partial charge is 0.459 e. The number of fused-ring (bicyclic) bond motifs is 2. The molecular weight excluding hydrogens is 307 g/mol. The number of ether oxygens (including phenoxy) is 1. The van der Waals surface area contributed by atoms with Gasteiger partial charge in [0.05, 0.1) is 5.41 Å². The van der Waals surface area contributed by atoms with Crippen molar-refractivity contribution in [2.45, 2.75) is 70.8 Å². The Bertz CT molecular complexity index is 647. The first kappa shape index (κ1) is 15.4. The molecule has 9 atom stereocenters. The number of esters is 1. The smallest absolute Gasteiger partial charge is 0.312 e. The van der Waals surface area contributed by atoms with Crippen LogP contribution >= 0.6 is 0 Å². The van der Waals surface area contributed by atoms with Gasteiger partial charge in [0.2, 0.25) is 0 Å². The summed E-state index contributed by atoms with van der Waals surface area (Å²) in [5.41, 5.74) is -0.776. The van der Waals surface area contributed by atoms with Crippen molar-refractivity contribution in [3.63, 3.8) is 0 Å². The van der Waals surface area contributed by atoms with Gasteiger partial charge >= 0.3 is 5.97 Å². The highest BCUT2D eigenvalue weighted by molar-refractivity contribution is 5.80. The number of halogens is 1. The maximum Gasteiger partial charge on any atom is 0.312 e. The van der Waals surface area contributed by atoms with Gasteiger partial charge in [-0.2, -0.15) is 0 Å². The van der Waals surface area contributed by atoms with Gasteiger partial charge in [0.1, 0.15) is 18.4 Å². The average molecular weight is 334 g/mol. The number of carbonyl (C=O) groups excluding carboxylic acids is 1. The van der Waals surface area contributed by atoms with Crippen LogP contribution in [-0.4, -0.2) is 29.5 Å². The molecule has 3 nitrogen and oxygen atoms in total. The van der Waals surface area contributed by atoms with E-state index >= 15 is 4.39 Å². The van der Waals surface area contributed by atoms with E-state index in [2.05, 4.69) is 13.5 Å². The maximum absolute atomic E-state index is 15.5. The summed E-state index contributed by atoms with van der Waals surface area (Å²) < 4.78 is 21.2. The van der Waals surface area contributed by atoms with Crippen LogP contribution in [0.25, 0.3) is 0 Å². The van der Waals surface area contributed by atoms with E-state index in [1.807, 2.05) is 6.92 Å². The number of aliphatic hydroxyl groups excluding tert-OH is 1. The highest BCUT2D eigenvalue weighted by Gasteiger charge is 2.77. The number of alkyl halides is 1. The van der Waals surface area contributed by atoms with Gasteiger partial charge in [-0.05, 0) is 61.9 Å². The Balaban J connectivity index is 1.72. The number of rotatable bonds is 0. The fourth-order valence-corrected chi connectivity index (χ4v) is 7.99. The van der Waals surface area contributed by atoms with Crippen LogP contribution in [0.15, 0.2) is 12.2 Å². The van der Waals surface area contributed by atoms with Crippen LogP contribution in [-0.2, 0) is 9.53 Å². The molecule has 9 unspecified atom stereocenters. The maximum atomic E-state index is 15.5. The molecule has 0 aromatic heterocycles. The summed E-state index contributed by atoms with van der Waals surface area (Å²) in [6.45, 7) is 8.28. The van der Waals surface area contributed by atoms with Crippen molar-refractivity contribution >= 4 is 5.97 Å². The van der Waals surface area contributed by atoms with Crippen LogP contribution in [0, 0.1) is 34.0 Å². The van der Waals surface area contributed by atoms with E-state index in [-0.39, 0.29) is 29.1 Å². The average Bonchev–Trinajstić information content (AvgIpc) is 2.92. The molecule has 24 heavy (non-hydrogen) atoms. The normalized spacial score (nSPS) is 61.3. The standard InChI is InChI=1S/C20H27FO3/c1-10-11-5-6-12-18(2)7-4-8-19(3)14(18)13(24-17(19)23)16(22)20(12,9-11)15(10)21/h11-16,22H,1,4-9H2,2-3H3. The monoisotopic (exact) mass is 334 g/mol. The van der Waals surface area contributed by atoms with Gasteiger partial charge in [-0.15, -0.1) is 0 Å².